The van der Waals surface area contributed by atoms with Crippen LogP contribution in [0.4, 0.5) is 11.4 Å². The van der Waals surface area contributed by atoms with E-state index in [4.69, 9.17) is 9.47 Å². The molecule has 0 aromatic heterocycles. The molecule has 0 heterocycles. The predicted molar refractivity (Wildman–Crippen MR) is 127 cm³/mol. The minimum Gasteiger partial charge on any atom is -0.494 e. The van der Waals surface area contributed by atoms with Gasteiger partial charge in [-0.1, -0.05) is 30.3 Å². The van der Waals surface area contributed by atoms with Gasteiger partial charge < -0.3 is 20.1 Å². The van der Waals surface area contributed by atoms with Gasteiger partial charge in [0, 0.05) is 11.4 Å². The zero-order valence-electron chi connectivity index (χ0n) is 18.1. The van der Waals surface area contributed by atoms with Crippen LogP contribution in [0.5, 0.6) is 11.5 Å². The number of nitrogens with one attached hydrogen (secondary N) is 2. The number of hydrogen-bond donors (Lipinski definition) is 2. The van der Waals surface area contributed by atoms with E-state index in [-0.39, 0.29) is 18.1 Å². The minimum absolute atomic E-state index is 0.0257. The summed E-state index contributed by atoms with van der Waals surface area (Å²) in [6.07, 6.45) is 1.49. The molecule has 0 unspecified atom stereocenters. The first-order valence-corrected chi connectivity index (χ1v) is 10.3. The number of carbonyl (C=O) groups excluding carboxylic acids is 2. The van der Waals surface area contributed by atoms with Crippen LogP contribution in [0.3, 0.4) is 0 Å². The average molecular weight is 441 g/mol. The lowest BCUT2D eigenvalue weighted by atomic mass is 10.1. The Morgan fingerprint density at radius 3 is 2.09 bits per heavy atom. The molecule has 2 amide bonds. The molecule has 0 saturated carbocycles. The molecule has 0 radical (unpaired) electrons. The SMILES string of the molecule is CCOc1ccc(NC(=O)COc2ccc(/C=C(\C#N)C(=O)Nc3ccccc3)cc2)cc1. The van der Waals surface area contributed by atoms with Crippen molar-refractivity contribution in [2.45, 2.75) is 6.92 Å². The number of nitriles is 1. The van der Waals surface area contributed by atoms with Gasteiger partial charge in [-0.05, 0) is 67.1 Å². The van der Waals surface area contributed by atoms with Crippen molar-refractivity contribution in [2.75, 3.05) is 23.8 Å². The zero-order valence-corrected chi connectivity index (χ0v) is 18.1. The molecular formula is C26H23N3O4. The largest absolute Gasteiger partial charge is 0.494 e. The number of benzene rings is 3. The predicted octanol–water partition coefficient (Wildman–Crippen LogP) is 4.65. The fraction of sp³-hybridized carbons (Fsp3) is 0.115. The molecule has 3 aromatic carbocycles. The van der Waals surface area contributed by atoms with Crippen molar-refractivity contribution in [3.63, 3.8) is 0 Å². The summed E-state index contributed by atoms with van der Waals surface area (Å²) in [6, 6.07) is 24.6. The maximum atomic E-state index is 12.3. The Morgan fingerprint density at radius 2 is 1.45 bits per heavy atom. The smallest absolute Gasteiger partial charge is 0.266 e. The highest BCUT2D eigenvalue weighted by atomic mass is 16.5. The van der Waals surface area contributed by atoms with Gasteiger partial charge >= 0.3 is 0 Å². The zero-order chi connectivity index (χ0) is 23.5. The lowest BCUT2D eigenvalue weighted by molar-refractivity contribution is -0.118. The molecule has 33 heavy (non-hydrogen) atoms. The fourth-order valence-corrected chi connectivity index (χ4v) is 2.84. The van der Waals surface area contributed by atoms with Crippen LogP contribution in [0.1, 0.15) is 12.5 Å². The summed E-state index contributed by atoms with van der Waals surface area (Å²) >= 11 is 0. The Hall–Kier alpha value is -4.57. The van der Waals surface area contributed by atoms with E-state index in [9.17, 15) is 14.9 Å². The summed E-state index contributed by atoms with van der Waals surface area (Å²) < 4.78 is 10.9. The van der Waals surface area contributed by atoms with Crippen LogP contribution in [0.25, 0.3) is 6.08 Å². The third-order valence-corrected chi connectivity index (χ3v) is 4.41. The number of nitrogens with zero attached hydrogens (tertiary/aromatic N) is 1. The van der Waals surface area contributed by atoms with Crippen molar-refractivity contribution >= 4 is 29.3 Å². The molecule has 0 saturated heterocycles. The lowest BCUT2D eigenvalue weighted by Crippen LogP contribution is -2.20. The molecule has 3 aromatic rings. The van der Waals surface area contributed by atoms with E-state index in [0.717, 1.165) is 5.75 Å². The highest BCUT2D eigenvalue weighted by Gasteiger charge is 2.10. The Labute approximate surface area is 192 Å². The maximum Gasteiger partial charge on any atom is 0.266 e. The molecule has 0 aliphatic heterocycles. The van der Waals surface area contributed by atoms with Gasteiger partial charge in [0.2, 0.25) is 0 Å². The van der Waals surface area contributed by atoms with Crippen molar-refractivity contribution in [1.29, 1.82) is 5.26 Å². The summed E-state index contributed by atoms with van der Waals surface area (Å²) in [6.45, 7) is 2.32. The molecule has 0 bridgehead atoms. The van der Waals surface area contributed by atoms with Gasteiger partial charge in [0.15, 0.2) is 6.61 Å². The molecule has 3 rings (SSSR count). The van der Waals surface area contributed by atoms with Gasteiger partial charge in [0.05, 0.1) is 6.61 Å². The summed E-state index contributed by atoms with van der Waals surface area (Å²) in [5, 5.41) is 14.8. The Morgan fingerprint density at radius 1 is 0.848 bits per heavy atom. The van der Waals surface area contributed by atoms with Crippen LogP contribution in [0, 0.1) is 11.3 Å². The van der Waals surface area contributed by atoms with Gasteiger partial charge in [-0.25, -0.2) is 0 Å². The van der Waals surface area contributed by atoms with Gasteiger partial charge in [-0.15, -0.1) is 0 Å². The van der Waals surface area contributed by atoms with E-state index in [1.54, 1.807) is 72.8 Å². The summed E-state index contributed by atoms with van der Waals surface area (Å²) in [7, 11) is 0. The van der Waals surface area contributed by atoms with Crippen LogP contribution in [-0.2, 0) is 9.59 Å². The molecule has 0 aliphatic rings. The van der Waals surface area contributed by atoms with Gasteiger partial charge in [0.25, 0.3) is 11.8 Å². The van der Waals surface area contributed by atoms with Gasteiger partial charge in [-0.2, -0.15) is 5.26 Å². The molecule has 0 spiro atoms. The highest BCUT2D eigenvalue weighted by Crippen LogP contribution is 2.17. The maximum absolute atomic E-state index is 12.3. The number of para-hydroxylation sites is 1. The number of hydrogen-bond acceptors (Lipinski definition) is 5. The summed E-state index contributed by atoms with van der Waals surface area (Å²) in [4.78, 5) is 24.4. The van der Waals surface area contributed by atoms with E-state index in [2.05, 4.69) is 10.6 Å². The molecular weight excluding hydrogens is 418 g/mol. The number of ether oxygens (including phenoxy) is 2. The van der Waals surface area contributed by atoms with Crippen LogP contribution in [0.15, 0.2) is 84.4 Å². The Bertz CT molecular complexity index is 1150. The van der Waals surface area contributed by atoms with E-state index in [0.29, 0.717) is 29.3 Å². The minimum atomic E-state index is -0.491. The third-order valence-electron chi connectivity index (χ3n) is 4.41. The first kappa shape index (κ1) is 23.1. The van der Waals surface area contributed by atoms with Crippen molar-refractivity contribution in [2.24, 2.45) is 0 Å². The van der Waals surface area contributed by atoms with Crippen molar-refractivity contribution in [3.8, 4) is 17.6 Å². The monoisotopic (exact) mass is 441 g/mol. The van der Waals surface area contributed by atoms with Crippen molar-refractivity contribution in [1.82, 2.24) is 0 Å². The summed E-state index contributed by atoms with van der Waals surface area (Å²) in [5.41, 5.74) is 1.88. The van der Waals surface area contributed by atoms with E-state index in [1.165, 1.54) is 6.08 Å². The number of rotatable bonds is 9. The molecule has 166 valence electrons. The first-order chi connectivity index (χ1) is 16.1. The van der Waals surface area contributed by atoms with E-state index < -0.39 is 5.91 Å². The normalized spacial score (nSPS) is 10.6. The van der Waals surface area contributed by atoms with E-state index >= 15 is 0 Å². The third kappa shape index (κ3) is 7.26. The van der Waals surface area contributed by atoms with Crippen LogP contribution >= 0.6 is 0 Å². The van der Waals surface area contributed by atoms with Gasteiger partial charge in [0.1, 0.15) is 23.1 Å². The van der Waals surface area contributed by atoms with Crippen molar-refractivity contribution < 1.29 is 19.1 Å². The second-order valence-corrected chi connectivity index (χ2v) is 6.85. The Balaban J connectivity index is 1.53. The molecule has 7 heteroatoms. The summed E-state index contributed by atoms with van der Waals surface area (Å²) in [5.74, 6) is 0.432. The van der Waals surface area contributed by atoms with Crippen LogP contribution in [-0.4, -0.2) is 25.0 Å². The second-order valence-electron chi connectivity index (χ2n) is 6.85. The van der Waals surface area contributed by atoms with Crippen LogP contribution in [0.2, 0.25) is 0 Å². The molecule has 7 nitrogen and oxygen atoms in total. The molecule has 0 atom stereocenters. The topological polar surface area (TPSA) is 100 Å². The molecule has 0 fully saturated rings. The quantitative estimate of drug-likeness (QED) is 0.372. The Kier molecular flexibility index (Phi) is 8.21. The molecule has 2 N–H and O–H groups in total. The average Bonchev–Trinajstić information content (AvgIpc) is 2.84. The van der Waals surface area contributed by atoms with Crippen molar-refractivity contribution in [3.05, 3.63) is 90.0 Å². The van der Waals surface area contributed by atoms with Crippen LogP contribution < -0.4 is 20.1 Å². The lowest BCUT2D eigenvalue weighted by Gasteiger charge is -2.09. The highest BCUT2D eigenvalue weighted by molar-refractivity contribution is 6.09. The second kappa shape index (κ2) is 11.7. The number of anilines is 2. The van der Waals surface area contributed by atoms with E-state index in [1.807, 2.05) is 19.1 Å². The fourth-order valence-electron chi connectivity index (χ4n) is 2.84. The number of amides is 2. The standard InChI is InChI=1S/C26H23N3O4/c1-2-32-23-14-10-22(11-15-23)28-25(30)18-33-24-12-8-19(9-13-24)16-20(17-27)26(31)29-21-6-4-3-5-7-21/h3-16H,2,18H2,1H3,(H,28,30)(H,29,31)/b20-16+. The first-order valence-electron chi connectivity index (χ1n) is 10.3. The van der Waals surface area contributed by atoms with Gasteiger partial charge in [-0.3, -0.25) is 9.59 Å². The molecule has 0 aliphatic carbocycles. The number of carbonyl (C=O) groups is 2.